The Morgan fingerprint density at radius 1 is 0.564 bits per heavy atom. The summed E-state index contributed by atoms with van der Waals surface area (Å²) < 4.78 is 10.8. The number of aliphatic hydroxyl groups is 1. The molecule has 0 spiro atoms. The van der Waals surface area contributed by atoms with Gasteiger partial charge in [0.05, 0.1) is 6.04 Å². The lowest BCUT2D eigenvalue weighted by Gasteiger charge is -2.30. The second-order valence-corrected chi connectivity index (χ2v) is 15.1. The summed E-state index contributed by atoms with van der Waals surface area (Å²) in [5.74, 6) is -4.57. The fourth-order valence-electron chi connectivity index (χ4n) is 5.59. The van der Waals surface area contributed by atoms with Gasteiger partial charge < -0.3 is 41.2 Å². The minimum atomic E-state index is -1.76. The SMILES string of the molecule is CC[C@H](NC(=O)[C@@H](NC(=O)[C@@H](NC(=O)OCc1ccccc1)C(C)C)C(C)C)[C@@H](O)C(=O)N[C@H](CC(C)C)C(=O)N[C@H](C(=O)OCc1ccccc1)C(C)C. The lowest BCUT2D eigenvalue weighted by Crippen LogP contribution is -2.60. The molecule has 0 aliphatic heterocycles. The van der Waals surface area contributed by atoms with Gasteiger partial charge in [0.15, 0.2) is 6.10 Å². The Labute approximate surface area is 325 Å². The highest BCUT2D eigenvalue weighted by Crippen LogP contribution is 2.13. The van der Waals surface area contributed by atoms with Gasteiger partial charge in [0.25, 0.3) is 5.91 Å². The van der Waals surface area contributed by atoms with Crippen molar-refractivity contribution in [2.75, 3.05) is 0 Å². The van der Waals surface area contributed by atoms with Crippen LogP contribution in [0.2, 0.25) is 0 Å². The highest BCUT2D eigenvalue weighted by Gasteiger charge is 2.36. The van der Waals surface area contributed by atoms with Gasteiger partial charge in [-0.1, -0.05) is 123 Å². The van der Waals surface area contributed by atoms with Gasteiger partial charge in [-0.25, -0.2) is 9.59 Å². The van der Waals surface area contributed by atoms with Gasteiger partial charge in [0, 0.05) is 0 Å². The Kier molecular flexibility index (Phi) is 19.4. The van der Waals surface area contributed by atoms with Gasteiger partial charge >= 0.3 is 12.1 Å². The first-order valence-electron chi connectivity index (χ1n) is 19.0. The zero-order chi connectivity index (χ0) is 41.2. The lowest BCUT2D eigenvalue weighted by molar-refractivity contribution is -0.150. The zero-order valence-electron chi connectivity index (χ0n) is 33.6. The molecule has 5 amide bonds. The number of rotatable bonds is 21. The molecule has 0 aliphatic carbocycles. The molecule has 0 radical (unpaired) electrons. The minimum absolute atomic E-state index is 0.00955. The van der Waals surface area contributed by atoms with E-state index < -0.39 is 77.9 Å². The Bertz CT molecular complexity index is 1540. The monoisotopic (exact) mass is 767 g/mol. The molecule has 0 aromatic heterocycles. The quantitative estimate of drug-likeness (QED) is 0.102. The predicted molar refractivity (Wildman–Crippen MR) is 208 cm³/mol. The van der Waals surface area contributed by atoms with Crippen LogP contribution >= 0.6 is 0 Å². The average molecular weight is 768 g/mol. The van der Waals surface area contributed by atoms with E-state index in [1.807, 2.05) is 62.4 Å². The maximum Gasteiger partial charge on any atom is 0.408 e. The van der Waals surface area contributed by atoms with Crippen LogP contribution < -0.4 is 26.6 Å². The molecule has 6 N–H and O–H groups in total. The first-order valence-corrected chi connectivity index (χ1v) is 19.0. The van der Waals surface area contributed by atoms with Crippen molar-refractivity contribution in [3.8, 4) is 0 Å². The minimum Gasteiger partial charge on any atom is -0.459 e. The van der Waals surface area contributed by atoms with Crippen molar-refractivity contribution in [2.45, 2.75) is 125 Å². The molecule has 0 bridgehead atoms. The number of nitrogens with one attached hydrogen (secondary N) is 5. The first kappa shape index (κ1) is 46.2. The summed E-state index contributed by atoms with van der Waals surface area (Å²) in [5, 5.41) is 24.4. The van der Waals surface area contributed by atoms with Gasteiger partial charge in [0.1, 0.15) is 37.4 Å². The first-order chi connectivity index (χ1) is 25.9. The van der Waals surface area contributed by atoms with Gasteiger partial charge in [-0.2, -0.15) is 0 Å². The number of esters is 1. The molecule has 2 aromatic carbocycles. The Hall–Kier alpha value is -4.98. The summed E-state index contributed by atoms with van der Waals surface area (Å²) in [6, 6.07) is 12.9. The summed E-state index contributed by atoms with van der Waals surface area (Å²) in [4.78, 5) is 79.5. The predicted octanol–water partition coefficient (Wildman–Crippen LogP) is 3.75. The molecular formula is C41H61N5O9. The smallest absolute Gasteiger partial charge is 0.408 e. The molecule has 0 unspecified atom stereocenters. The molecule has 0 saturated heterocycles. The van der Waals surface area contributed by atoms with Gasteiger partial charge in [-0.05, 0) is 47.6 Å². The van der Waals surface area contributed by atoms with Crippen LogP contribution in [-0.2, 0) is 46.7 Å². The largest absolute Gasteiger partial charge is 0.459 e. The molecule has 2 rings (SSSR count). The summed E-state index contributed by atoms with van der Waals surface area (Å²) in [6.07, 6.45) is -2.23. The second kappa shape index (κ2) is 23.1. The van der Waals surface area contributed by atoms with E-state index in [1.165, 1.54) is 0 Å². The number of carbonyl (C=O) groups excluding carboxylic acids is 6. The van der Waals surface area contributed by atoms with E-state index in [9.17, 15) is 33.9 Å². The normalized spacial score (nSPS) is 14.6. The van der Waals surface area contributed by atoms with Gasteiger partial charge in [0.2, 0.25) is 17.7 Å². The van der Waals surface area contributed by atoms with Crippen LogP contribution in [0.25, 0.3) is 0 Å². The van der Waals surface area contributed by atoms with Crippen LogP contribution in [0.4, 0.5) is 4.79 Å². The fourth-order valence-corrected chi connectivity index (χ4v) is 5.59. The molecule has 304 valence electrons. The number of benzene rings is 2. The van der Waals surface area contributed by atoms with Crippen LogP contribution in [0, 0.1) is 23.7 Å². The van der Waals surface area contributed by atoms with Crippen LogP contribution in [0.5, 0.6) is 0 Å². The lowest BCUT2D eigenvalue weighted by atomic mass is 9.98. The number of ether oxygens (including phenoxy) is 2. The number of aliphatic hydroxyl groups excluding tert-OH is 1. The fraction of sp³-hybridized carbons (Fsp3) is 0.561. The number of hydrogen-bond acceptors (Lipinski definition) is 9. The topological polar surface area (TPSA) is 201 Å². The zero-order valence-corrected chi connectivity index (χ0v) is 33.6. The standard InChI is InChI=1S/C41H61N5O9/c1-10-30(42-37(49)32(25(4)5)44-38(50)33(26(6)7)46-41(53)55-23-29-19-15-12-16-20-29)35(47)39(51)43-31(21-24(2)3)36(48)45-34(27(8)9)40(52)54-22-28-17-13-11-14-18-28/h11-20,24-27,30-35,47H,10,21-23H2,1-9H3,(H,42,49)(H,43,51)(H,44,50)(H,45,48)(H,46,53)/t30-,31+,32-,33-,34-,35+/m0/s1. The summed E-state index contributed by atoms with van der Waals surface area (Å²) in [6.45, 7) is 15.9. The Morgan fingerprint density at radius 2 is 1.02 bits per heavy atom. The molecular weight excluding hydrogens is 706 g/mol. The molecule has 14 nitrogen and oxygen atoms in total. The van der Waals surface area contributed by atoms with Crippen molar-refractivity contribution in [2.24, 2.45) is 23.7 Å². The van der Waals surface area contributed by atoms with E-state index in [-0.39, 0.29) is 43.8 Å². The maximum absolute atomic E-state index is 13.6. The van der Waals surface area contributed by atoms with E-state index >= 15 is 0 Å². The third kappa shape index (κ3) is 15.7. The van der Waals surface area contributed by atoms with Crippen molar-refractivity contribution >= 4 is 35.7 Å². The number of hydrogen-bond donors (Lipinski definition) is 6. The van der Waals surface area contributed by atoms with E-state index in [0.29, 0.717) is 0 Å². The van der Waals surface area contributed by atoms with Crippen LogP contribution in [0.1, 0.15) is 86.3 Å². The van der Waals surface area contributed by atoms with Crippen molar-refractivity contribution < 1.29 is 43.3 Å². The maximum atomic E-state index is 13.6. The molecule has 0 heterocycles. The van der Waals surface area contributed by atoms with Crippen molar-refractivity contribution in [3.63, 3.8) is 0 Å². The second-order valence-electron chi connectivity index (χ2n) is 15.1. The van der Waals surface area contributed by atoms with Crippen LogP contribution in [0.3, 0.4) is 0 Å². The number of amides is 5. The van der Waals surface area contributed by atoms with Crippen LogP contribution in [-0.4, -0.2) is 77.1 Å². The van der Waals surface area contributed by atoms with Gasteiger partial charge in [-0.15, -0.1) is 0 Å². The molecule has 6 atom stereocenters. The average Bonchev–Trinajstić information content (AvgIpc) is 3.14. The van der Waals surface area contributed by atoms with Crippen molar-refractivity contribution in [3.05, 3.63) is 71.8 Å². The molecule has 0 saturated carbocycles. The summed E-state index contributed by atoms with van der Waals surface area (Å²) in [7, 11) is 0. The molecule has 0 aliphatic rings. The van der Waals surface area contributed by atoms with Crippen LogP contribution in [0.15, 0.2) is 60.7 Å². The number of carbonyl (C=O) groups is 6. The van der Waals surface area contributed by atoms with E-state index in [0.717, 1.165) is 11.1 Å². The highest BCUT2D eigenvalue weighted by molar-refractivity contribution is 5.94. The van der Waals surface area contributed by atoms with Crippen molar-refractivity contribution in [1.82, 2.24) is 26.6 Å². The van der Waals surface area contributed by atoms with E-state index in [4.69, 9.17) is 9.47 Å². The summed E-state index contributed by atoms with van der Waals surface area (Å²) >= 11 is 0. The molecule has 14 heteroatoms. The highest BCUT2D eigenvalue weighted by atomic mass is 16.5. The third-order valence-corrected chi connectivity index (χ3v) is 8.88. The molecule has 2 aromatic rings. The Morgan fingerprint density at radius 3 is 1.49 bits per heavy atom. The molecule has 0 fully saturated rings. The van der Waals surface area contributed by atoms with E-state index in [2.05, 4.69) is 26.6 Å². The third-order valence-electron chi connectivity index (χ3n) is 8.88. The van der Waals surface area contributed by atoms with Crippen molar-refractivity contribution in [1.29, 1.82) is 0 Å². The number of alkyl carbamates (subject to hydrolysis) is 1. The van der Waals surface area contributed by atoms with Gasteiger partial charge in [-0.3, -0.25) is 19.2 Å². The molecule has 55 heavy (non-hydrogen) atoms. The van der Waals surface area contributed by atoms with E-state index in [1.54, 1.807) is 60.6 Å². The Balaban J connectivity index is 2.08. The summed E-state index contributed by atoms with van der Waals surface area (Å²) in [5.41, 5.74) is 1.56.